The van der Waals surface area contributed by atoms with Gasteiger partial charge < -0.3 is 5.32 Å². The van der Waals surface area contributed by atoms with Gasteiger partial charge in [0, 0.05) is 17.0 Å². The van der Waals surface area contributed by atoms with Crippen LogP contribution in [-0.4, -0.2) is 6.04 Å². The largest absolute Gasteiger partial charge is 0.307 e. The number of unbranched alkanes of at least 4 members (excludes halogenated alkanes) is 2. The van der Waals surface area contributed by atoms with Gasteiger partial charge in [-0.2, -0.15) is 0 Å². The minimum Gasteiger partial charge on any atom is -0.307 e. The fourth-order valence-corrected chi connectivity index (χ4v) is 2.89. The molecule has 0 saturated heterocycles. The molecule has 0 amide bonds. The Morgan fingerprint density at radius 2 is 2.12 bits per heavy atom. The highest BCUT2D eigenvalue weighted by Gasteiger charge is 2.12. The summed E-state index contributed by atoms with van der Waals surface area (Å²) in [6.45, 7) is 6.83. The standard InChI is InChI=1S/C14H25NS/c1-4-6-7-9-12(3)15-13(5-2)14-10-8-11-16-14/h8,10-13,15H,4-7,9H2,1-3H3. The summed E-state index contributed by atoms with van der Waals surface area (Å²) in [5.74, 6) is 0. The number of hydrogen-bond donors (Lipinski definition) is 1. The monoisotopic (exact) mass is 239 g/mol. The second-order valence-corrected chi connectivity index (χ2v) is 5.52. The minimum atomic E-state index is 0.552. The van der Waals surface area contributed by atoms with Crippen molar-refractivity contribution in [2.24, 2.45) is 0 Å². The molecule has 92 valence electrons. The van der Waals surface area contributed by atoms with E-state index in [4.69, 9.17) is 0 Å². The second kappa shape index (κ2) is 7.86. The van der Waals surface area contributed by atoms with E-state index in [1.54, 1.807) is 0 Å². The molecule has 2 atom stereocenters. The minimum absolute atomic E-state index is 0.552. The fraction of sp³-hybridized carbons (Fsp3) is 0.714. The van der Waals surface area contributed by atoms with Crippen LogP contribution in [0.5, 0.6) is 0 Å². The average molecular weight is 239 g/mol. The van der Waals surface area contributed by atoms with Crippen molar-refractivity contribution >= 4 is 11.3 Å². The molecule has 1 aromatic rings. The predicted octanol–water partition coefficient (Wildman–Crippen LogP) is 4.76. The van der Waals surface area contributed by atoms with Gasteiger partial charge in [-0.25, -0.2) is 0 Å². The van der Waals surface area contributed by atoms with Crippen molar-refractivity contribution in [3.63, 3.8) is 0 Å². The molecule has 1 N–H and O–H groups in total. The summed E-state index contributed by atoms with van der Waals surface area (Å²) in [5.41, 5.74) is 0. The summed E-state index contributed by atoms with van der Waals surface area (Å²) in [5, 5.41) is 5.91. The Labute approximate surface area is 104 Å². The summed E-state index contributed by atoms with van der Waals surface area (Å²) in [6.07, 6.45) is 6.51. The number of thiophene rings is 1. The zero-order chi connectivity index (χ0) is 11.8. The van der Waals surface area contributed by atoms with E-state index in [-0.39, 0.29) is 0 Å². The lowest BCUT2D eigenvalue weighted by Crippen LogP contribution is -2.29. The van der Waals surface area contributed by atoms with Crippen LogP contribution in [0.2, 0.25) is 0 Å². The molecule has 0 radical (unpaired) electrons. The molecule has 0 spiro atoms. The first-order chi connectivity index (χ1) is 7.77. The first kappa shape index (κ1) is 13.7. The van der Waals surface area contributed by atoms with Gasteiger partial charge in [0.1, 0.15) is 0 Å². The van der Waals surface area contributed by atoms with Crippen LogP contribution in [0.3, 0.4) is 0 Å². The van der Waals surface area contributed by atoms with Crippen LogP contribution in [0.4, 0.5) is 0 Å². The quantitative estimate of drug-likeness (QED) is 0.645. The highest BCUT2D eigenvalue weighted by atomic mass is 32.1. The molecule has 0 aliphatic rings. The van der Waals surface area contributed by atoms with Crippen molar-refractivity contribution in [2.45, 2.75) is 65.0 Å². The Balaban J connectivity index is 2.33. The van der Waals surface area contributed by atoms with Gasteiger partial charge in [-0.15, -0.1) is 11.3 Å². The third-order valence-electron chi connectivity index (χ3n) is 3.02. The molecule has 0 aromatic carbocycles. The second-order valence-electron chi connectivity index (χ2n) is 4.54. The maximum absolute atomic E-state index is 3.74. The first-order valence-electron chi connectivity index (χ1n) is 6.57. The SMILES string of the molecule is CCCCCC(C)NC(CC)c1cccs1. The smallest absolute Gasteiger partial charge is 0.0414 e. The maximum atomic E-state index is 3.74. The topological polar surface area (TPSA) is 12.0 Å². The van der Waals surface area contributed by atoms with E-state index in [9.17, 15) is 0 Å². The van der Waals surface area contributed by atoms with Crippen LogP contribution < -0.4 is 5.32 Å². The number of rotatable bonds is 8. The van der Waals surface area contributed by atoms with Gasteiger partial charge in [0.2, 0.25) is 0 Å². The lowest BCUT2D eigenvalue weighted by Gasteiger charge is -2.21. The highest BCUT2D eigenvalue weighted by molar-refractivity contribution is 7.10. The van der Waals surface area contributed by atoms with Crippen LogP contribution in [-0.2, 0) is 0 Å². The van der Waals surface area contributed by atoms with Crippen LogP contribution in [0, 0.1) is 0 Å². The summed E-state index contributed by atoms with van der Waals surface area (Å²) >= 11 is 1.86. The molecule has 0 bridgehead atoms. The molecule has 0 saturated carbocycles. The van der Waals surface area contributed by atoms with Crippen molar-refractivity contribution < 1.29 is 0 Å². The third kappa shape index (κ3) is 4.67. The van der Waals surface area contributed by atoms with Gasteiger partial charge in [-0.3, -0.25) is 0 Å². The summed E-state index contributed by atoms with van der Waals surface area (Å²) in [7, 11) is 0. The van der Waals surface area contributed by atoms with Gasteiger partial charge in [0.25, 0.3) is 0 Å². The molecule has 0 aliphatic heterocycles. The van der Waals surface area contributed by atoms with Gasteiger partial charge in [-0.1, -0.05) is 39.2 Å². The summed E-state index contributed by atoms with van der Waals surface area (Å²) in [6, 6.07) is 5.58. The van der Waals surface area contributed by atoms with E-state index in [0.29, 0.717) is 12.1 Å². The van der Waals surface area contributed by atoms with Crippen LogP contribution >= 0.6 is 11.3 Å². The third-order valence-corrected chi connectivity index (χ3v) is 4.01. The van der Waals surface area contributed by atoms with Gasteiger partial charge in [-0.05, 0) is 31.2 Å². The molecule has 1 rings (SSSR count). The molecule has 0 aliphatic carbocycles. The van der Waals surface area contributed by atoms with Crippen molar-refractivity contribution in [3.05, 3.63) is 22.4 Å². The van der Waals surface area contributed by atoms with Crippen LogP contribution in [0.25, 0.3) is 0 Å². The van der Waals surface area contributed by atoms with Gasteiger partial charge in [0.05, 0.1) is 0 Å². The summed E-state index contributed by atoms with van der Waals surface area (Å²) in [4.78, 5) is 1.48. The normalized spacial score (nSPS) is 14.9. The Bertz CT molecular complexity index is 256. The van der Waals surface area contributed by atoms with E-state index in [1.807, 2.05) is 11.3 Å². The Morgan fingerprint density at radius 1 is 1.31 bits per heavy atom. The summed E-state index contributed by atoms with van der Waals surface area (Å²) < 4.78 is 0. The Kier molecular flexibility index (Phi) is 6.74. The molecular formula is C14H25NS. The highest BCUT2D eigenvalue weighted by Crippen LogP contribution is 2.22. The van der Waals surface area contributed by atoms with Crippen molar-refractivity contribution in [1.29, 1.82) is 0 Å². The maximum Gasteiger partial charge on any atom is 0.0414 e. The molecular weight excluding hydrogens is 214 g/mol. The fourth-order valence-electron chi connectivity index (χ4n) is 2.02. The zero-order valence-corrected chi connectivity index (χ0v) is 11.6. The lowest BCUT2D eigenvalue weighted by atomic mass is 10.1. The van der Waals surface area contributed by atoms with E-state index in [0.717, 1.165) is 0 Å². The Hall–Kier alpha value is -0.340. The van der Waals surface area contributed by atoms with Crippen molar-refractivity contribution in [2.75, 3.05) is 0 Å². The molecule has 0 fully saturated rings. The van der Waals surface area contributed by atoms with Crippen molar-refractivity contribution in [1.82, 2.24) is 5.32 Å². The first-order valence-corrected chi connectivity index (χ1v) is 7.45. The molecule has 1 nitrogen and oxygen atoms in total. The number of nitrogens with one attached hydrogen (secondary N) is 1. The number of hydrogen-bond acceptors (Lipinski definition) is 2. The van der Waals surface area contributed by atoms with Gasteiger partial charge in [0.15, 0.2) is 0 Å². The Morgan fingerprint density at radius 3 is 2.69 bits per heavy atom. The van der Waals surface area contributed by atoms with E-state index < -0.39 is 0 Å². The molecule has 2 unspecified atom stereocenters. The zero-order valence-electron chi connectivity index (χ0n) is 10.8. The molecule has 16 heavy (non-hydrogen) atoms. The van der Waals surface area contributed by atoms with Gasteiger partial charge >= 0.3 is 0 Å². The van der Waals surface area contributed by atoms with E-state index in [1.165, 1.54) is 37.0 Å². The predicted molar refractivity (Wildman–Crippen MR) is 74.1 cm³/mol. The molecule has 1 aromatic heterocycles. The van der Waals surface area contributed by atoms with Crippen LogP contribution in [0.15, 0.2) is 17.5 Å². The van der Waals surface area contributed by atoms with E-state index in [2.05, 4.69) is 43.6 Å². The lowest BCUT2D eigenvalue weighted by molar-refractivity contribution is 0.419. The molecule has 1 heterocycles. The van der Waals surface area contributed by atoms with Crippen LogP contribution in [0.1, 0.15) is 63.8 Å². The van der Waals surface area contributed by atoms with Crippen molar-refractivity contribution in [3.8, 4) is 0 Å². The molecule has 2 heteroatoms. The van der Waals surface area contributed by atoms with E-state index >= 15 is 0 Å². The average Bonchev–Trinajstić information content (AvgIpc) is 2.79.